The predicted molar refractivity (Wildman–Crippen MR) is 101 cm³/mol. The maximum Gasteiger partial charge on any atom is 0.149 e. The van der Waals surface area contributed by atoms with Crippen molar-refractivity contribution in [2.45, 2.75) is 33.0 Å². The van der Waals surface area contributed by atoms with Crippen LogP contribution in [0.5, 0.6) is 0 Å². The largest absolute Gasteiger partial charge is 0.318 e. The molecule has 2 heterocycles. The lowest BCUT2D eigenvalue weighted by molar-refractivity contribution is 0.684. The van der Waals surface area contributed by atoms with Crippen LogP contribution in [0, 0.1) is 6.92 Å². The van der Waals surface area contributed by atoms with Crippen molar-refractivity contribution in [3.8, 4) is 0 Å². The molecule has 1 aromatic carbocycles. The molecule has 122 valence electrons. The minimum Gasteiger partial charge on any atom is -0.318 e. The molecule has 3 heteroatoms. The summed E-state index contributed by atoms with van der Waals surface area (Å²) in [6.07, 6.45) is 8.38. The van der Waals surface area contributed by atoms with Crippen LogP contribution in [0.4, 0.5) is 5.82 Å². The van der Waals surface area contributed by atoms with Crippen LogP contribution < -0.4 is 4.90 Å². The number of nitrogens with zero attached hydrogens (tertiary/aromatic N) is 3. The summed E-state index contributed by atoms with van der Waals surface area (Å²) in [5, 5.41) is 0. The van der Waals surface area contributed by atoms with Gasteiger partial charge in [0.1, 0.15) is 12.0 Å². The molecule has 4 rings (SSSR count). The summed E-state index contributed by atoms with van der Waals surface area (Å²) >= 11 is 0. The van der Waals surface area contributed by atoms with Crippen molar-refractivity contribution < 1.29 is 0 Å². The van der Waals surface area contributed by atoms with Gasteiger partial charge in [-0.15, -0.1) is 0 Å². The summed E-state index contributed by atoms with van der Waals surface area (Å²) in [5.74, 6) is 0.970. The lowest BCUT2D eigenvalue weighted by Crippen LogP contribution is -2.36. The zero-order chi connectivity index (χ0) is 16.9. The van der Waals surface area contributed by atoms with E-state index in [2.05, 4.69) is 59.5 Å². The van der Waals surface area contributed by atoms with Crippen LogP contribution in [0.25, 0.3) is 0 Å². The summed E-state index contributed by atoms with van der Waals surface area (Å²) < 4.78 is 0. The van der Waals surface area contributed by atoms with Crippen LogP contribution in [0.15, 0.2) is 77.8 Å². The van der Waals surface area contributed by atoms with E-state index in [0.717, 1.165) is 17.2 Å². The summed E-state index contributed by atoms with van der Waals surface area (Å²) in [6.45, 7) is 6.02. The molecule has 0 amide bonds. The average Bonchev–Trinajstić information content (AvgIpc) is 3.04. The number of hydrogen-bond acceptors (Lipinski definition) is 3. The first-order valence-electron chi connectivity index (χ1n) is 8.52. The first-order chi connectivity index (χ1) is 11.8. The lowest BCUT2D eigenvalue weighted by atomic mass is 10.1. The molecule has 1 aliphatic heterocycles. The van der Waals surface area contributed by atoms with E-state index in [1.54, 1.807) is 0 Å². The second-order valence-corrected chi connectivity index (χ2v) is 5.57. The van der Waals surface area contributed by atoms with E-state index in [1.165, 1.54) is 5.56 Å². The third-order valence-corrected chi connectivity index (χ3v) is 4.04. The second-order valence-electron chi connectivity index (χ2n) is 5.57. The Balaban J connectivity index is 0.000000815. The van der Waals surface area contributed by atoms with E-state index in [9.17, 15) is 0 Å². The van der Waals surface area contributed by atoms with Gasteiger partial charge in [-0.1, -0.05) is 68.5 Å². The standard InChI is InChI=1S/C19H17N3.C2H6/c1-14-8-7-13-18(20-14)22-17-12-6-5-11-16(17)21-19(22)15-9-3-2-4-10-15;1-2/h2-13,17,19H,1H3;1-2H3. The first kappa shape index (κ1) is 16.2. The highest BCUT2D eigenvalue weighted by atomic mass is 15.3. The van der Waals surface area contributed by atoms with E-state index >= 15 is 0 Å². The fourth-order valence-corrected chi connectivity index (χ4v) is 3.03. The molecule has 2 unspecified atom stereocenters. The number of hydrogen-bond donors (Lipinski definition) is 0. The Bertz CT molecular complexity index is 775. The molecule has 2 aromatic rings. The number of aliphatic imine (C=N–C) groups is 1. The van der Waals surface area contributed by atoms with Crippen molar-refractivity contribution in [1.82, 2.24) is 4.98 Å². The zero-order valence-electron chi connectivity index (χ0n) is 14.4. The normalized spacial score (nSPS) is 21.0. The van der Waals surface area contributed by atoms with Crippen LogP contribution in [-0.2, 0) is 0 Å². The molecule has 1 aromatic heterocycles. The van der Waals surface area contributed by atoms with Gasteiger partial charge >= 0.3 is 0 Å². The van der Waals surface area contributed by atoms with Crippen LogP contribution in [0.3, 0.4) is 0 Å². The molecule has 3 nitrogen and oxygen atoms in total. The number of rotatable bonds is 2. The predicted octanol–water partition coefficient (Wildman–Crippen LogP) is 4.87. The minimum absolute atomic E-state index is 0.0251. The summed E-state index contributed by atoms with van der Waals surface area (Å²) in [6, 6.07) is 16.7. The molecule has 0 N–H and O–H groups in total. The highest BCUT2D eigenvalue weighted by Crippen LogP contribution is 2.36. The van der Waals surface area contributed by atoms with Crippen LogP contribution in [-0.4, -0.2) is 16.7 Å². The topological polar surface area (TPSA) is 28.5 Å². The molecule has 0 bridgehead atoms. The molecular weight excluding hydrogens is 294 g/mol. The van der Waals surface area contributed by atoms with Gasteiger partial charge < -0.3 is 4.90 Å². The smallest absolute Gasteiger partial charge is 0.149 e. The lowest BCUT2D eigenvalue weighted by Gasteiger charge is -2.30. The Labute approximate surface area is 144 Å². The van der Waals surface area contributed by atoms with Crippen molar-refractivity contribution in [2.75, 3.05) is 4.90 Å². The van der Waals surface area contributed by atoms with Crippen LogP contribution >= 0.6 is 0 Å². The van der Waals surface area contributed by atoms with Gasteiger partial charge in [0.05, 0.1) is 11.8 Å². The number of fused-ring (bicyclic) bond motifs is 1. The van der Waals surface area contributed by atoms with Gasteiger partial charge in [0.15, 0.2) is 0 Å². The monoisotopic (exact) mass is 317 g/mol. The third kappa shape index (κ3) is 3.02. The van der Waals surface area contributed by atoms with Gasteiger partial charge in [-0.2, -0.15) is 0 Å². The number of aromatic nitrogens is 1. The maximum atomic E-state index is 4.93. The summed E-state index contributed by atoms with van der Waals surface area (Å²) in [7, 11) is 0. The molecule has 0 saturated heterocycles. The maximum absolute atomic E-state index is 4.93. The van der Waals surface area contributed by atoms with Gasteiger partial charge in [-0.3, -0.25) is 4.99 Å². The Morgan fingerprint density at radius 1 is 0.917 bits per heavy atom. The van der Waals surface area contributed by atoms with Crippen molar-refractivity contribution in [1.29, 1.82) is 0 Å². The third-order valence-electron chi connectivity index (χ3n) is 4.04. The average molecular weight is 317 g/mol. The fraction of sp³-hybridized carbons (Fsp3) is 0.238. The molecule has 0 radical (unpaired) electrons. The number of anilines is 1. The molecule has 0 fully saturated rings. The number of aryl methyl sites for hydroxylation is 1. The first-order valence-corrected chi connectivity index (χ1v) is 8.52. The van der Waals surface area contributed by atoms with E-state index in [0.29, 0.717) is 0 Å². The quantitative estimate of drug-likeness (QED) is 0.790. The van der Waals surface area contributed by atoms with E-state index < -0.39 is 0 Å². The van der Waals surface area contributed by atoms with Gasteiger partial charge in [0.25, 0.3) is 0 Å². The summed E-state index contributed by atoms with van der Waals surface area (Å²) in [4.78, 5) is 11.9. The zero-order valence-corrected chi connectivity index (χ0v) is 14.4. The fourth-order valence-electron chi connectivity index (χ4n) is 3.03. The Hall–Kier alpha value is -2.68. The van der Waals surface area contributed by atoms with Gasteiger partial charge in [-0.05, 0) is 30.7 Å². The van der Waals surface area contributed by atoms with Crippen LogP contribution in [0.2, 0.25) is 0 Å². The minimum atomic E-state index is -0.0251. The van der Waals surface area contributed by atoms with Crippen molar-refractivity contribution in [2.24, 2.45) is 4.99 Å². The number of benzene rings is 1. The van der Waals surface area contributed by atoms with Gasteiger partial charge in [0, 0.05) is 5.69 Å². The Morgan fingerprint density at radius 3 is 2.46 bits per heavy atom. The van der Waals surface area contributed by atoms with Crippen LogP contribution in [0.1, 0.15) is 31.3 Å². The van der Waals surface area contributed by atoms with Crippen molar-refractivity contribution in [3.63, 3.8) is 0 Å². The van der Waals surface area contributed by atoms with Crippen molar-refractivity contribution in [3.05, 3.63) is 84.1 Å². The van der Waals surface area contributed by atoms with Gasteiger partial charge in [0.2, 0.25) is 0 Å². The highest BCUT2D eigenvalue weighted by molar-refractivity contribution is 6.05. The SMILES string of the molecule is CC.Cc1cccc(N2C3C=CC=CC3=NC2c2ccccc2)n1. The second kappa shape index (κ2) is 7.26. The number of allylic oxidation sites excluding steroid dienone is 2. The molecule has 2 atom stereocenters. The van der Waals surface area contributed by atoms with E-state index in [4.69, 9.17) is 9.98 Å². The Kier molecular flexibility index (Phi) is 4.90. The highest BCUT2D eigenvalue weighted by Gasteiger charge is 2.36. The molecule has 2 aliphatic rings. The van der Waals surface area contributed by atoms with E-state index in [-0.39, 0.29) is 12.2 Å². The molecule has 1 aliphatic carbocycles. The summed E-state index contributed by atoms with van der Waals surface area (Å²) in [5.41, 5.74) is 3.31. The van der Waals surface area contributed by atoms with E-state index in [1.807, 2.05) is 39.0 Å². The molecule has 0 saturated carbocycles. The van der Waals surface area contributed by atoms with Crippen molar-refractivity contribution >= 4 is 11.5 Å². The number of pyridine rings is 1. The Morgan fingerprint density at radius 2 is 1.71 bits per heavy atom. The molecule has 0 spiro atoms. The van der Waals surface area contributed by atoms with Gasteiger partial charge in [-0.25, -0.2) is 4.98 Å². The molecular formula is C21H23N3. The molecule has 24 heavy (non-hydrogen) atoms.